The second kappa shape index (κ2) is 9.26. The second-order valence-electron chi connectivity index (χ2n) is 10.2. The molecule has 0 unspecified atom stereocenters. The molecule has 4 saturated carbocycles. The molecule has 4 aliphatic rings. The van der Waals surface area contributed by atoms with Crippen molar-refractivity contribution in [2.45, 2.75) is 69.1 Å². The molecule has 0 aromatic heterocycles. The second-order valence-corrected chi connectivity index (χ2v) is 12.2. The van der Waals surface area contributed by atoms with Crippen LogP contribution in [0.4, 0.5) is 4.39 Å². The third-order valence-corrected chi connectivity index (χ3v) is 10.2. The van der Waals surface area contributed by atoms with E-state index >= 15 is 0 Å². The average Bonchev–Trinajstić information content (AvgIpc) is 2.78. The van der Waals surface area contributed by atoms with E-state index in [1.54, 1.807) is 24.3 Å². The first-order valence-corrected chi connectivity index (χ1v) is 13.4. The quantitative estimate of drug-likeness (QED) is 0.541. The number of benzene rings is 1. The van der Waals surface area contributed by atoms with Crippen LogP contribution in [0, 0.1) is 16.7 Å². The summed E-state index contributed by atoms with van der Waals surface area (Å²) in [7, 11) is -3.45. The molecule has 7 heteroatoms. The van der Waals surface area contributed by atoms with Gasteiger partial charge in [0.2, 0.25) is 0 Å². The third kappa shape index (κ3) is 4.79. The van der Waals surface area contributed by atoms with Crippen LogP contribution in [0.15, 0.2) is 41.1 Å². The van der Waals surface area contributed by atoms with Crippen LogP contribution in [0.2, 0.25) is 0 Å². The minimum Gasteiger partial charge on any atom is -0.489 e. The third-order valence-electron chi connectivity index (χ3n) is 8.21. The van der Waals surface area contributed by atoms with Crippen molar-refractivity contribution in [1.29, 1.82) is 0 Å². The Morgan fingerprint density at radius 1 is 1.09 bits per heavy atom. The summed E-state index contributed by atoms with van der Waals surface area (Å²) in [6.45, 7) is 0.0991. The number of ether oxygens (including phenoxy) is 1. The van der Waals surface area contributed by atoms with E-state index in [0.29, 0.717) is 29.4 Å². The van der Waals surface area contributed by atoms with Gasteiger partial charge in [-0.25, -0.2) is 12.8 Å². The van der Waals surface area contributed by atoms with Crippen LogP contribution in [0.1, 0.15) is 64.2 Å². The first-order valence-electron chi connectivity index (χ1n) is 11.8. The smallest absolute Gasteiger partial charge is 0.178 e. The van der Waals surface area contributed by atoms with Crippen molar-refractivity contribution in [2.75, 3.05) is 18.9 Å². The molecule has 1 aromatic rings. The zero-order valence-electron chi connectivity index (χ0n) is 18.7. The van der Waals surface area contributed by atoms with Gasteiger partial charge in [0.1, 0.15) is 18.1 Å². The minimum absolute atomic E-state index is 0.0312. The van der Waals surface area contributed by atoms with Crippen LogP contribution >= 0.6 is 0 Å². The molecule has 1 aromatic carbocycles. The largest absolute Gasteiger partial charge is 0.489 e. The Morgan fingerprint density at radius 3 is 2.22 bits per heavy atom. The number of hydrogen-bond donors (Lipinski definition) is 1. The summed E-state index contributed by atoms with van der Waals surface area (Å²) >= 11 is 0. The van der Waals surface area contributed by atoms with E-state index in [9.17, 15) is 17.6 Å². The fourth-order valence-electron chi connectivity index (χ4n) is 5.61. The zero-order valence-corrected chi connectivity index (χ0v) is 19.5. The van der Waals surface area contributed by atoms with E-state index in [-0.39, 0.29) is 34.6 Å². The van der Waals surface area contributed by atoms with Crippen molar-refractivity contribution in [3.05, 3.63) is 36.2 Å². The number of Topliss-reactive ketones (excluding diaryl/α,β-unsaturated/α-hetero) is 1. The fourth-order valence-corrected chi connectivity index (χ4v) is 7.57. The highest BCUT2D eigenvalue weighted by Gasteiger charge is 2.53. The predicted octanol–water partition coefficient (Wildman–Crippen LogP) is 4.75. The van der Waals surface area contributed by atoms with Crippen LogP contribution < -0.4 is 10.5 Å². The lowest BCUT2D eigenvalue weighted by Crippen LogP contribution is -2.48. The SMILES string of the molecule is NC/C(=C\F)COc1ccc(S(=O)(=O)CC23CCC(C(=O)CC4CCC4)(CC2)CC3)cc1. The Morgan fingerprint density at radius 2 is 1.72 bits per heavy atom. The number of rotatable bonds is 10. The molecule has 2 N–H and O–H groups in total. The van der Waals surface area contributed by atoms with Gasteiger partial charge in [0, 0.05) is 24.0 Å². The Hall–Kier alpha value is -1.73. The molecule has 0 radical (unpaired) electrons. The lowest BCUT2D eigenvalue weighted by molar-refractivity contribution is -0.138. The van der Waals surface area contributed by atoms with Crippen LogP contribution in [0.3, 0.4) is 0 Å². The number of nitrogens with two attached hydrogens (primary N) is 1. The Bertz CT molecular complexity index is 942. The van der Waals surface area contributed by atoms with Gasteiger partial charge in [0.15, 0.2) is 9.84 Å². The van der Waals surface area contributed by atoms with E-state index in [1.165, 1.54) is 19.3 Å². The zero-order chi connectivity index (χ0) is 22.8. The van der Waals surface area contributed by atoms with E-state index in [0.717, 1.165) is 44.9 Å². The number of fused-ring (bicyclic) bond motifs is 3. The molecule has 0 spiro atoms. The molecule has 0 heterocycles. The van der Waals surface area contributed by atoms with E-state index < -0.39 is 9.84 Å². The molecule has 0 atom stereocenters. The standard InChI is InChI=1S/C25H34FNO4S/c26-15-20(16-27)17-31-21-4-6-22(7-5-21)32(29,30)18-24-8-11-25(12-9-24,13-10-24)23(28)14-19-2-1-3-19/h4-7,15,19H,1-3,8-14,16-18,27H2/b20-15+. The number of halogens is 1. The summed E-state index contributed by atoms with van der Waals surface area (Å²) in [4.78, 5) is 13.3. The predicted molar refractivity (Wildman–Crippen MR) is 122 cm³/mol. The summed E-state index contributed by atoms with van der Waals surface area (Å²) in [5.74, 6) is 1.64. The molecule has 4 aliphatic carbocycles. The Labute approximate surface area is 190 Å². The first-order chi connectivity index (χ1) is 15.3. The topological polar surface area (TPSA) is 86.5 Å². The van der Waals surface area contributed by atoms with Crippen LogP contribution in [-0.2, 0) is 14.6 Å². The Kier molecular flexibility index (Phi) is 6.78. The highest BCUT2D eigenvalue weighted by atomic mass is 32.2. The molecule has 0 saturated heterocycles. The number of carbonyl (C=O) groups excluding carboxylic acids is 1. The van der Waals surface area contributed by atoms with Crippen LogP contribution in [0.5, 0.6) is 5.75 Å². The molecule has 0 aliphatic heterocycles. The minimum atomic E-state index is -3.45. The molecule has 4 fully saturated rings. The lowest BCUT2D eigenvalue weighted by atomic mass is 9.52. The van der Waals surface area contributed by atoms with Crippen molar-refractivity contribution in [2.24, 2.45) is 22.5 Å². The molecule has 0 amide bonds. The molecular formula is C25H34FNO4S. The maximum absolute atomic E-state index is 13.2. The number of sulfone groups is 1. The number of carbonyl (C=O) groups is 1. The normalized spacial score (nSPS) is 28.4. The summed E-state index contributed by atoms with van der Waals surface area (Å²) in [5, 5.41) is 0. The van der Waals surface area contributed by atoms with Gasteiger partial charge in [-0.05, 0) is 74.1 Å². The Balaban J connectivity index is 1.36. The van der Waals surface area contributed by atoms with Gasteiger partial charge in [-0.1, -0.05) is 19.3 Å². The van der Waals surface area contributed by atoms with Crippen molar-refractivity contribution < 1.29 is 22.3 Å². The molecule has 5 rings (SSSR count). The van der Waals surface area contributed by atoms with E-state index in [2.05, 4.69) is 0 Å². The molecule has 2 bridgehead atoms. The van der Waals surface area contributed by atoms with Gasteiger partial charge in [-0.15, -0.1) is 0 Å². The fraction of sp³-hybridized carbons (Fsp3) is 0.640. The van der Waals surface area contributed by atoms with Gasteiger partial charge in [-0.3, -0.25) is 4.79 Å². The van der Waals surface area contributed by atoms with Crippen molar-refractivity contribution in [3.63, 3.8) is 0 Å². The van der Waals surface area contributed by atoms with E-state index in [4.69, 9.17) is 10.5 Å². The average molecular weight is 464 g/mol. The van der Waals surface area contributed by atoms with Gasteiger partial charge in [0.25, 0.3) is 0 Å². The monoisotopic (exact) mass is 463 g/mol. The van der Waals surface area contributed by atoms with Crippen molar-refractivity contribution in [1.82, 2.24) is 0 Å². The summed E-state index contributed by atoms with van der Waals surface area (Å²) < 4.78 is 44.4. The van der Waals surface area contributed by atoms with E-state index in [1.807, 2.05) is 0 Å². The highest BCUT2D eigenvalue weighted by Crippen LogP contribution is 2.58. The summed E-state index contributed by atoms with van der Waals surface area (Å²) in [5.41, 5.74) is 5.35. The first kappa shape index (κ1) is 23.4. The maximum Gasteiger partial charge on any atom is 0.178 e. The number of ketones is 1. The highest BCUT2D eigenvalue weighted by molar-refractivity contribution is 7.91. The van der Waals surface area contributed by atoms with Gasteiger partial charge in [-0.2, -0.15) is 0 Å². The summed E-state index contributed by atoms with van der Waals surface area (Å²) in [6.07, 6.45) is 9.77. The van der Waals surface area contributed by atoms with Crippen molar-refractivity contribution in [3.8, 4) is 5.75 Å². The molecule has 5 nitrogen and oxygen atoms in total. The van der Waals surface area contributed by atoms with Crippen LogP contribution in [0.25, 0.3) is 0 Å². The van der Waals surface area contributed by atoms with Crippen LogP contribution in [-0.4, -0.2) is 33.1 Å². The number of hydrogen-bond acceptors (Lipinski definition) is 5. The van der Waals surface area contributed by atoms with Gasteiger partial charge >= 0.3 is 0 Å². The van der Waals surface area contributed by atoms with Gasteiger partial charge < -0.3 is 10.5 Å². The molecule has 32 heavy (non-hydrogen) atoms. The summed E-state index contributed by atoms with van der Waals surface area (Å²) in [6, 6.07) is 6.31. The van der Waals surface area contributed by atoms with Gasteiger partial charge in [0.05, 0.1) is 17.0 Å². The molecule has 176 valence electrons. The lowest BCUT2D eigenvalue weighted by Gasteiger charge is -2.53. The molecular weight excluding hydrogens is 429 g/mol. The maximum atomic E-state index is 13.2. The van der Waals surface area contributed by atoms with Crippen molar-refractivity contribution >= 4 is 15.6 Å².